The van der Waals surface area contributed by atoms with E-state index in [9.17, 15) is 13.2 Å². The molecular weight excluding hydrogens is 243 g/mol. The van der Waals surface area contributed by atoms with E-state index in [-0.39, 0.29) is 6.54 Å². The van der Waals surface area contributed by atoms with Gasteiger partial charge in [0.05, 0.1) is 18.3 Å². The second-order valence-corrected chi connectivity index (χ2v) is 4.09. The first-order chi connectivity index (χ1) is 8.48. The van der Waals surface area contributed by atoms with Gasteiger partial charge in [-0.1, -0.05) is 13.0 Å². The van der Waals surface area contributed by atoms with Crippen LogP contribution in [0.1, 0.15) is 25.1 Å². The summed E-state index contributed by atoms with van der Waals surface area (Å²) in [6.45, 7) is 1.35. The predicted octanol–water partition coefficient (Wildman–Crippen LogP) is 2.36. The monoisotopic (exact) mass is 261 g/mol. The SMILES string of the molecule is CCCN(CC(F)(F)F)C(CN)c1ccccn1. The van der Waals surface area contributed by atoms with E-state index in [2.05, 4.69) is 4.98 Å². The van der Waals surface area contributed by atoms with E-state index < -0.39 is 18.8 Å². The Bertz CT molecular complexity index is 340. The van der Waals surface area contributed by atoms with Crippen LogP contribution in [0.5, 0.6) is 0 Å². The number of hydrogen-bond donors (Lipinski definition) is 1. The van der Waals surface area contributed by atoms with Crippen molar-refractivity contribution in [2.45, 2.75) is 25.6 Å². The van der Waals surface area contributed by atoms with Crippen molar-refractivity contribution < 1.29 is 13.2 Å². The molecule has 0 aliphatic carbocycles. The van der Waals surface area contributed by atoms with Gasteiger partial charge in [-0.15, -0.1) is 0 Å². The van der Waals surface area contributed by atoms with Gasteiger partial charge in [-0.2, -0.15) is 13.2 Å². The lowest BCUT2D eigenvalue weighted by Gasteiger charge is -2.30. The maximum atomic E-state index is 12.5. The van der Waals surface area contributed by atoms with Crippen LogP contribution in [-0.2, 0) is 0 Å². The van der Waals surface area contributed by atoms with Gasteiger partial charge < -0.3 is 5.73 Å². The summed E-state index contributed by atoms with van der Waals surface area (Å²) in [6.07, 6.45) is -2.02. The average molecular weight is 261 g/mol. The van der Waals surface area contributed by atoms with Crippen LogP contribution in [0, 0.1) is 0 Å². The van der Waals surface area contributed by atoms with Gasteiger partial charge in [0, 0.05) is 12.7 Å². The third-order valence-corrected chi connectivity index (χ3v) is 2.59. The second kappa shape index (κ2) is 6.70. The van der Waals surface area contributed by atoms with Crippen molar-refractivity contribution >= 4 is 0 Å². The highest BCUT2D eigenvalue weighted by molar-refractivity contribution is 5.09. The van der Waals surface area contributed by atoms with Gasteiger partial charge in [-0.05, 0) is 25.1 Å². The van der Waals surface area contributed by atoms with Crippen LogP contribution in [0.4, 0.5) is 13.2 Å². The zero-order valence-electron chi connectivity index (χ0n) is 10.3. The third-order valence-electron chi connectivity index (χ3n) is 2.59. The largest absolute Gasteiger partial charge is 0.401 e. The number of pyridine rings is 1. The number of nitrogens with two attached hydrogens (primary N) is 1. The minimum Gasteiger partial charge on any atom is -0.329 e. The van der Waals surface area contributed by atoms with E-state index in [1.807, 2.05) is 6.92 Å². The van der Waals surface area contributed by atoms with Crippen molar-refractivity contribution in [2.24, 2.45) is 5.73 Å². The Balaban J connectivity index is 2.87. The smallest absolute Gasteiger partial charge is 0.329 e. The van der Waals surface area contributed by atoms with Gasteiger partial charge in [-0.25, -0.2) is 0 Å². The molecule has 0 aliphatic rings. The summed E-state index contributed by atoms with van der Waals surface area (Å²) in [5.41, 5.74) is 6.19. The molecule has 0 amide bonds. The van der Waals surface area contributed by atoms with Crippen molar-refractivity contribution in [1.29, 1.82) is 0 Å². The van der Waals surface area contributed by atoms with Crippen molar-refractivity contribution in [3.8, 4) is 0 Å². The Morgan fingerprint density at radius 1 is 1.39 bits per heavy atom. The molecule has 0 spiro atoms. The van der Waals surface area contributed by atoms with E-state index in [0.717, 1.165) is 0 Å². The van der Waals surface area contributed by atoms with E-state index in [1.165, 1.54) is 4.90 Å². The molecule has 102 valence electrons. The summed E-state index contributed by atoms with van der Waals surface area (Å²) in [4.78, 5) is 5.43. The molecule has 6 heteroatoms. The van der Waals surface area contributed by atoms with E-state index >= 15 is 0 Å². The molecular formula is C12H18F3N3. The summed E-state index contributed by atoms with van der Waals surface area (Å²) in [7, 11) is 0. The molecule has 0 radical (unpaired) electrons. The Hall–Kier alpha value is -1.14. The minimum absolute atomic E-state index is 0.118. The highest BCUT2D eigenvalue weighted by Crippen LogP contribution is 2.24. The Labute approximate surface area is 105 Å². The van der Waals surface area contributed by atoms with Crippen LogP contribution < -0.4 is 5.73 Å². The molecule has 2 N–H and O–H groups in total. The fourth-order valence-corrected chi connectivity index (χ4v) is 1.89. The van der Waals surface area contributed by atoms with Gasteiger partial charge >= 0.3 is 6.18 Å². The molecule has 1 rings (SSSR count). The lowest BCUT2D eigenvalue weighted by molar-refractivity contribution is -0.151. The molecule has 1 heterocycles. The highest BCUT2D eigenvalue weighted by atomic mass is 19.4. The number of halogens is 3. The van der Waals surface area contributed by atoms with Crippen molar-refractivity contribution in [3.05, 3.63) is 30.1 Å². The predicted molar refractivity (Wildman–Crippen MR) is 64.0 cm³/mol. The molecule has 0 aromatic carbocycles. The fraction of sp³-hybridized carbons (Fsp3) is 0.583. The molecule has 18 heavy (non-hydrogen) atoms. The maximum absolute atomic E-state index is 12.5. The van der Waals surface area contributed by atoms with Gasteiger partial charge in [-0.3, -0.25) is 9.88 Å². The van der Waals surface area contributed by atoms with E-state index in [1.54, 1.807) is 24.4 Å². The number of hydrogen-bond acceptors (Lipinski definition) is 3. The third kappa shape index (κ3) is 4.62. The van der Waals surface area contributed by atoms with Gasteiger partial charge in [0.25, 0.3) is 0 Å². The highest BCUT2D eigenvalue weighted by Gasteiger charge is 2.33. The second-order valence-electron chi connectivity index (χ2n) is 4.09. The Kier molecular flexibility index (Phi) is 5.55. The lowest BCUT2D eigenvalue weighted by Crippen LogP contribution is -2.41. The molecule has 0 saturated carbocycles. The number of aromatic nitrogens is 1. The van der Waals surface area contributed by atoms with Crippen molar-refractivity contribution in [3.63, 3.8) is 0 Å². The van der Waals surface area contributed by atoms with Gasteiger partial charge in [0.15, 0.2) is 0 Å². The Morgan fingerprint density at radius 3 is 2.56 bits per heavy atom. The first kappa shape index (κ1) is 14.9. The van der Waals surface area contributed by atoms with Crippen LogP contribution >= 0.6 is 0 Å². The molecule has 0 aliphatic heterocycles. The topological polar surface area (TPSA) is 42.1 Å². The molecule has 0 saturated heterocycles. The molecule has 1 aromatic heterocycles. The van der Waals surface area contributed by atoms with Gasteiger partial charge in [0.2, 0.25) is 0 Å². The fourth-order valence-electron chi connectivity index (χ4n) is 1.89. The van der Waals surface area contributed by atoms with Crippen LogP contribution in [0.2, 0.25) is 0 Å². The molecule has 0 fully saturated rings. The molecule has 3 nitrogen and oxygen atoms in total. The lowest BCUT2D eigenvalue weighted by atomic mass is 10.1. The first-order valence-electron chi connectivity index (χ1n) is 5.89. The maximum Gasteiger partial charge on any atom is 0.401 e. The summed E-state index contributed by atoms with van der Waals surface area (Å²) < 4.78 is 37.6. The van der Waals surface area contributed by atoms with E-state index in [0.29, 0.717) is 18.7 Å². The number of nitrogens with zero attached hydrogens (tertiary/aromatic N) is 2. The number of rotatable bonds is 6. The van der Waals surface area contributed by atoms with Crippen LogP contribution in [0.15, 0.2) is 24.4 Å². The van der Waals surface area contributed by atoms with Crippen molar-refractivity contribution in [1.82, 2.24) is 9.88 Å². The zero-order chi connectivity index (χ0) is 13.6. The summed E-state index contributed by atoms with van der Waals surface area (Å²) in [5, 5.41) is 0. The molecule has 1 aromatic rings. The zero-order valence-corrected chi connectivity index (χ0v) is 10.3. The summed E-state index contributed by atoms with van der Waals surface area (Å²) >= 11 is 0. The molecule has 1 atom stereocenters. The quantitative estimate of drug-likeness (QED) is 0.854. The Morgan fingerprint density at radius 2 is 2.11 bits per heavy atom. The van der Waals surface area contributed by atoms with Crippen LogP contribution in [-0.4, -0.2) is 35.7 Å². The molecule has 0 bridgehead atoms. The normalized spacial score (nSPS) is 13.9. The van der Waals surface area contributed by atoms with E-state index in [4.69, 9.17) is 5.73 Å². The van der Waals surface area contributed by atoms with Crippen LogP contribution in [0.3, 0.4) is 0 Å². The average Bonchev–Trinajstić information content (AvgIpc) is 2.29. The first-order valence-corrected chi connectivity index (χ1v) is 5.89. The standard InChI is InChI=1S/C12H18F3N3/c1-2-7-18(9-12(13,14)15)11(8-16)10-5-3-4-6-17-10/h3-6,11H,2,7-9,16H2,1H3. The van der Waals surface area contributed by atoms with Crippen LogP contribution in [0.25, 0.3) is 0 Å². The number of alkyl halides is 3. The minimum atomic E-state index is -4.22. The van der Waals surface area contributed by atoms with Gasteiger partial charge in [0.1, 0.15) is 0 Å². The molecule has 1 unspecified atom stereocenters. The summed E-state index contributed by atoms with van der Waals surface area (Å²) in [6, 6.07) is 4.69. The van der Waals surface area contributed by atoms with Crippen molar-refractivity contribution in [2.75, 3.05) is 19.6 Å². The summed E-state index contributed by atoms with van der Waals surface area (Å²) in [5.74, 6) is 0.